The van der Waals surface area contributed by atoms with Crippen molar-refractivity contribution in [3.63, 3.8) is 0 Å². The molecule has 1 unspecified atom stereocenters. The molecule has 26 heavy (non-hydrogen) atoms. The fourth-order valence-electron chi connectivity index (χ4n) is 3.24. The van der Waals surface area contributed by atoms with Crippen molar-refractivity contribution in [3.8, 4) is 22.9 Å². The summed E-state index contributed by atoms with van der Waals surface area (Å²) >= 11 is 0. The van der Waals surface area contributed by atoms with Gasteiger partial charge in [0, 0.05) is 25.1 Å². The van der Waals surface area contributed by atoms with Crippen LogP contribution in [0.15, 0.2) is 60.9 Å². The van der Waals surface area contributed by atoms with Crippen LogP contribution in [0.2, 0.25) is 0 Å². The normalized spacial score (nSPS) is 16.6. The first-order valence-electron chi connectivity index (χ1n) is 8.81. The van der Waals surface area contributed by atoms with Crippen LogP contribution in [0.25, 0.3) is 11.4 Å². The van der Waals surface area contributed by atoms with Crippen molar-refractivity contribution in [3.05, 3.63) is 66.5 Å². The first-order chi connectivity index (χ1) is 12.8. The van der Waals surface area contributed by atoms with Gasteiger partial charge in [-0.1, -0.05) is 30.3 Å². The Morgan fingerprint density at radius 2 is 2.08 bits per heavy atom. The lowest BCUT2D eigenvalue weighted by Gasteiger charge is -2.16. The molecule has 0 amide bonds. The highest BCUT2D eigenvalue weighted by atomic mass is 16.5. The Labute approximate surface area is 153 Å². The highest BCUT2D eigenvalue weighted by Gasteiger charge is 2.22. The molecule has 4 rings (SSSR count). The van der Waals surface area contributed by atoms with E-state index in [0.717, 1.165) is 48.1 Å². The second-order valence-corrected chi connectivity index (χ2v) is 6.31. The molecule has 3 aromatic rings. The van der Waals surface area contributed by atoms with Gasteiger partial charge in [0.2, 0.25) is 0 Å². The largest absolute Gasteiger partial charge is 0.496 e. The summed E-state index contributed by atoms with van der Waals surface area (Å²) in [6.07, 6.45) is 4.84. The fraction of sp³-hybridized carbons (Fsp3) is 0.286. The molecule has 0 N–H and O–H groups in total. The average Bonchev–Trinajstić information content (AvgIpc) is 3.38. The molecule has 1 aliphatic rings. The third-order valence-electron chi connectivity index (χ3n) is 4.63. The topological polar surface area (TPSA) is 45.5 Å². The van der Waals surface area contributed by atoms with Crippen LogP contribution < -0.4 is 9.47 Å². The second kappa shape index (κ2) is 7.62. The van der Waals surface area contributed by atoms with E-state index in [1.54, 1.807) is 7.11 Å². The van der Waals surface area contributed by atoms with E-state index in [9.17, 15) is 0 Å². The first kappa shape index (κ1) is 16.7. The highest BCUT2D eigenvalue weighted by Crippen LogP contribution is 2.35. The molecule has 0 aliphatic carbocycles. The van der Waals surface area contributed by atoms with Gasteiger partial charge in [0.25, 0.3) is 0 Å². The lowest BCUT2D eigenvalue weighted by atomic mass is 10.1. The van der Waals surface area contributed by atoms with Crippen molar-refractivity contribution in [2.75, 3.05) is 20.3 Å². The molecule has 1 fully saturated rings. The summed E-state index contributed by atoms with van der Waals surface area (Å²) in [5.74, 6) is 2.42. The Kier molecular flexibility index (Phi) is 4.88. The average molecular weight is 350 g/mol. The molecule has 134 valence electrons. The molecule has 1 aliphatic heterocycles. The number of aromatic nitrogens is 2. The number of benzene rings is 2. The van der Waals surface area contributed by atoms with Crippen molar-refractivity contribution in [1.82, 2.24) is 9.55 Å². The lowest BCUT2D eigenvalue weighted by Crippen LogP contribution is -2.09. The summed E-state index contributed by atoms with van der Waals surface area (Å²) in [6, 6.07) is 16.3. The Hall–Kier alpha value is -2.79. The third-order valence-corrected chi connectivity index (χ3v) is 4.63. The van der Waals surface area contributed by atoms with Gasteiger partial charge in [0.1, 0.15) is 23.9 Å². The number of hydrogen-bond donors (Lipinski definition) is 0. The molecular formula is C21H22N2O3. The van der Waals surface area contributed by atoms with Gasteiger partial charge >= 0.3 is 0 Å². The van der Waals surface area contributed by atoms with Crippen molar-refractivity contribution >= 4 is 0 Å². The van der Waals surface area contributed by atoms with E-state index in [2.05, 4.69) is 9.55 Å². The minimum absolute atomic E-state index is 0.325. The van der Waals surface area contributed by atoms with E-state index in [1.807, 2.05) is 60.9 Å². The maximum atomic E-state index is 5.91. The summed E-state index contributed by atoms with van der Waals surface area (Å²) in [5.41, 5.74) is 2.09. The number of ether oxygens (including phenoxy) is 3. The van der Waals surface area contributed by atoms with Crippen molar-refractivity contribution in [1.29, 1.82) is 0 Å². The van der Waals surface area contributed by atoms with Crippen LogP contribution in [0, 0.1) is 0 Å². The number of nitrogens with zero attached hydrogens (tertiary/aromatic N) is 2. The monoisotopic (exact) mass is 350 g/mol. The number of rotatable bonds is 6. The minimum atomic E-state index is 0.325. The molecule has 0 radical (unpaired) electrons. The lowest BCUT2D eigenvalue weighted by molar-refractivity contribution is 0.187. The van der Waals surface area contributed by atoms with E-state index in [1.165, 1.54) is 0 Å². The van der Waals surface area contributed by atoms with Gasteiger partial charge in [-0.3, -0.25) is 0 Å². The molecular weight excluding hydrogens is 328 g/mol. The summed E-state index contributed by atoms with van der Waals surface area (Å²) in [7, 11) is 1.67. The second-order valence-electron chi connectivity index (χ2n) is 6.31. The van der Waals surface area contributed by atoms with Gasteiger partial charge in [0.15, 0.2) is 0 Å². The van der Waals surface area contributed by atoms with Crippen LogP contribution in [0.4, 0.5) is 0 Å². The molecule has 0 bridgehead atoms. The summed E-state index contributed by atoms with van der Waals surface area (Å²) in [6.45, 7) is 2.05. The molecule has 1 atom stereocenters. The van der Waals surface area contributed by atoms with Crippen LogP contribution in [-0.2, 0) is 11.3 Å². The number of hydrogen-bond acceptors (Lipinski definition) is 4. The minimum Gasteiger partial charge on any atom is -0.496 e. The van der Waals surface area contributed by atoms with E-state index < -0.39 is 0 Å². The van der Waals surface area contributed by atoms with Crippen LogP contribution >= 0.6 is 0 Å². The first-order valence-corrected chi connectivity index (χ1v) is 8.81. The third kappa shape index (κ3) is 3.44. The smallest absolute Gasteiger partial charge is 0.143 e. The standard InChI is InChI=1S/C21H22N2O3/c1-24-20-13-18(26-14-16-5-3-2-4-6-16)7-8-19(20)21-22-10-11-23(21)17-9-12-25-15-17/h2-8,10-11,13,17H,9,12,14-15H2,1H3. The quantitative estimate of drug-likeness (QED) is 0.671. The summed E-state index contributed by atoms with van der Waals surface area (Å²) in [5, 5.41) is 0. The molecule has 1 aromatic heterocycles. The highest BCUT2D eigenvalue weighted by molar-refractivity contribution is 5.66. The van der Waals surface area contributed by atoms with Gasteiger partial charge in [-0.05, 0) is 24.1 Å². The predicted octanol–water partition coefficient (Wildman–Crippen LogP) is 4.10. The molecule has 0 saturated carbocycles. The molecule has 0 spiro atoms. The Morgan fingerprint density at radius 3 is 2.85 bits per heavy atom. The molecule has 2 heterocycles. The van der Waals surface area contributed by atoms with Crippen molar-refractivity contribution in [2.45, 2.75) is 19.1 Å². The van der Waals surface area contributed by atoms with Crippen molar-refractivity contribution in [2.24, 2.45) is 0 Å². The number of methoxy groups -OCH3 is 1. The van der Waals surface area contributed by atoms with Crippen molar-refractivity contribution < 1.29 is 14.2 Å². The van der Waals surface area contributed by atoms with Crippen LogP contribution in [-0.4, -0.2) is 29.9 Å². The maximum absolute atomic E-state index is 5.91. The van der Waals surface area contributed by atoms with Crippen LogP contribution in [0.1, 0.15) is 18.0 Å². The van der Waals surface area contributed by atoms with E-state index in [0.29, 0.717) is 12.6 Å². The van der Waals surface area contributed by atoms with Gasteiger partial charge in [-0.2, -0.15) is 0 Å². The van der Waals surface area contributed by atoms with E-state index >= 15 is 0 Å². The van der Waals surface area contributed by atoms with E-state index in [4.69, 9.17) is 14.2 Å². The zero-order valence-electron chi connectivity index (χ0n) is 14.8. The molecule has 5 nitrogen and oxygen atoms in total. The van der Waals surface area contributed by atoms with Crippen LogP contribution in [0.5, 0.6) is 11.5 Å². The van der Waals surface area contributed by atoms with Gasteiger partial charge in [0.05, 0.1) is 25.3 Å². The zero-order chi connectivity index (χ0) is 17.8. The van der Waals surface area contributed by atoms with Gasteiger partial charge in [-0.15, -0.1) is 0 Å². The van der Waals surface area contributed by atoms with Gasteiger partial charge < -0.3 is 18.8 Å². The Balaban J connectivity index is 1.57. The van der Waals surface area contributed by atoms with E-state index in [-0.39, 0.29) is 0 Å². The zero-order valence-corrected chi connectivity index (χ0v) is 14.8. The summed E-state index contributed by atoms with van der Waals surface area (Å²) in [4.78, 5) is 4.55. The SMILES string of the molecule is COc1cc(OCc2ccccc2)ccc1-c1nccn1C1CCOC1. The van der Waals surface area contributed by atoms with Gasteiger partial charge in [-0.25, -0.2) is 4.98 Å². The predicted molar refractivity (Wildman–Crippen MR) is 99.5 cm³/mol. The maximum Gasteiger partial charge on any atom is 0.143 e. The fourth-order valence-corrected chi connectivity index (χ4v) is 3.24. The Bertz CT molecular complexity index is 855. The molecule has 5 heteroatoms. The van der Waals surface area contributed by atoms with Crippen LogP contribution in [0.3, 0.4) is 0 Å². The summed E-state index contributed by atoms with van der Waals surface area (Å²) < 4.78 is 19.2. The number of imidazole rings is 1. The molecule has 2 aromatic carbocycles. The molecule has 1 saturated heterocycles. The Morgan fingerprint density at radius 1 is 1.19 bits per heavy atom.